The van der Waals surface area contributed by atoms with Gasteiger partial charge in [-0.1, -0.05) is 48.5 Å². The summed E-state index contributed by atoms with van der Waals surface area (Å²) in [5.74, 6) is 2.65. The SMILES string of the molecule is c1ccc2c(c1)COC21CCN(C2=Nc3ccccc3Oc3ccccc32)CC1. The average molecular weight is 382 g/mol. The lowest BCUT2D eigenvalue weighted by atomic mass is 9.83. The molecule has 3 aliphatic rings. The van der Waals surface area contributed by atoms with E-state index in [1.807, 2.05) is 36.4 Å². The molecule has 3 aromatic rings. The standard InChI is InChI=1S/C25H22N2O2/c1-3-9-20-18(7-1)17-28-25(20)13-15-27(16-14-25)24-19-8-2-5-11-22(19)29-23-12-6-4-10-21(23)26-24/h1-12H,13-17H2. The molecule has 3 heterocycles. The van der Waals surface area contributed by atoms with Crippen molar-refractivity contribution >= 4 is 11.5 Å². The predicted molar refractivity (Wildman–Crippen MR) is 113 cm³/mol. The minimum atomic E-state index is -0.147. The van der Waals surface area contributed by atoms with E-state index in [4.69, 9.17) is 14.5 Å². The number of benzene rings is 3. The van der Waals surface area contributed by atoms with Crippen LogP contribution in [0.15, 0.2) is 77.8 Å². The van der Waals surface area contributed by atoms with Crippen molar-refractivity contribution in [3.05, 3.63) is 89.5 Å². The van der Waals surface area contributed by atoms with Gasteiger partial charge in [-0.2, -0.15) is 0 Å². The third-order valence-electron chi connectivity index (χ3n) is 6.32. The molecule has 0 aromatic heterocycles. The van der Waals surface area contributed by atoms with Crippen LogP contribution in [0, 0.1) is 0 Å². The van der Waals surface area contributed by atoms with E-state index in [1.165, 1.54) is 11.1 Å². The molecular weight excluding hydrogens is 360 g/mol. The molecule has 6 rings (SSSR count). The number of hydrogen-bond acceptors (Lipinski definition) is 4. The van der Waals surface area contributed by atoms with Crippen molar-refractivity contribution in [2.24, 2.45) is 4.99 Å². The third kappa shape index (κ3) is 2.67. The Morgan fingerprint density at radius 1 is 0.793 bits per heavy atom. The van der Waals surface area contributed by atoms with Gasteiger partial charge in [0.05, 0.1) is 17.8 Å². The Labute approximate surface area is 170 Å². The zero-order valence-electron chi connectivity index (χ0n) is 16.2. The van der Waals surface area contributed by atoms with Gasteiger partial charge in [0, 0.05) is 13.1 Å². The van der Waals surface area contributed by atoms with E-state index in [1.54, 1.807) is 0 Å². The van der Waals surface area contributed by atoms with E-state index < -0.39 is 0 Å². The highest BCUT2D eigenvalue weighted by molar-refractivity contribution is 6.03. The number of likely N-dealkylation sites (tertiary alicyclic amines) is 1. The second kappa shape index (κ2) is 6.46. The third-order valence-corrected chi connectivity index (χ3v) is 6.32. The van der Waals surface area contributed by atoms with Gasteiger partial charge in [-0.15, -0.1) is 0 Å². The monoisotopic (exact) mass is 382 g/mol. The Balaban J connectivity index is 1.36. The first-order valence-electron chi connectivity index (χ1n) is 10.2. The molecule has 1 fully saturated rings. The smallest absolute Gasteiger partial charge is 0.153 e. The van der Waals surface area contributed by atoms with Crippen molar-refractivity contribution in [3.8, 4) is 11.5 Å². The van der Waals surface area contributed by atoms with Crippen LogP contribution in [0.1, 0.15) is 29.5 Å². The summed E-state index contributed by atoms with van der Waals surface area (Å²) in [5, 5.41) is 0. The van der Waals surface area contributed by atoms with E-state index in [9.17, 15) is 0 Å². The van der Waals surface area contributed by atoms with Gasteiger partial charge in [-0.3, -0.25) is 0 Å². The Kier molecular flexibility index (Phi) is 3.74. The second-order valence-corrected chi connectivity index (χ2v) is 7.93. The maximum Gasteiger partial charge on any atom is 0.153 e. The molecule has 0 aliphatic carbocycles. The molecule has 0 unspecified atom stereocenters. The number of rotatable bonds is 0. The lowest BCUT2D eigenvalue weighted by Crippen LogP contribution is -2.45. The number of fused-ring (bicyclic) bond motifs is 4. The molecule has 29 heavy (non-hydrogen) atoms. The van der Waals surface area contributed by atoms with Crippen molar-refractivity contribution in [2.45, 2.75) is 25.0 Å². The van der Waals surface area contributed by atoms with E-state index >= 15 is 0 Å². The molecule has 0 N–H and O–H groups in total. The summed E-state index contributed by atoms with van der Waals surface area (Å²) in [7, 11) is 0. The molecule has 0 saturated carbocycles. The number of nitrogens with zero attached hydrogens (tertiary/aromatic N) is 2. The fraction of sp³-hybridized carbons (Fsp3) is 0.240. The van der Waals surface area contributed by atoms with Crippen molar-refractivity contribution in [3.63, 3.8) is 0 Å². The molecule has 1 saturated heterocycles. The molecule has 4 heteroatoms. The van der Waals surface area contributed by atoms with Crippen LogP contribution in [0.25, 0.3) is 0 Å². The fourth-order valence-electron chi connectivity index (χ4n) is 4.79. The number of hydrogen-bond donors (Lipinski definition) is 0. The largest absolute Gasteiger partial charge is 0.454 e. The quantitative estimate of drug-likeness (QED) is 0.523. The van der Waals surface area contributed by atoms with Gasteiger partial charge < -0.3 is 14.4 Å². The zero-order valence-corrected chi connectivity index (χ0v) is 16.2. The summed E-state index contributed by atoms with van der Waals surface area (Å²) >= 11 is 0. The van der Waals surface area contributed by atoms with Crippen LogP contribution in [0.5, 0.6) is 11.5 Å². The van der Waals surface area contributed by atoms with Crippen molar-refractivity contribution in [1.29, 1.82) is 0 Å². The number of amidine groups is 1. The van der Waals surface area contributed by atoms with Crippen LogP contribution in [0.4, 0.5) is 5.69 Å². The average Bonchev–Trinajstić information content (AvgIpc) is 3.03. The molecule has 3 aliphatic heterocycles. The minimum Gasteiger partial charge on any atom is -0.454 e. The number of piperidine rings is 1. The van der Waals surface area contributed by atoms with Gasteiger partial charge in [0.2, 0.25) is 0 Å². The summed E-state index contributed by atoms with van der Waals surface area (Å²) < 4.78 is 12.5. The second-order valence-electron chi connectivity index (χ2n) is 7.93. The highest BCUT2D eigenvalue weighted by Gasteiger charge is 2.43. The topological polar surface area (TPSA) is 34.1 Å². The van der Waals surface area contributed by atoms with Gasteiger partial charge >= 0.3 is 0 Å². The molecular formula is C25H22N2O2. The highest BCUT2D eigenvalue weighted by Crippen LogP contribution is 2.45. The summed E-state index contributed by atoms with van der Waals surface area (Å²) in [6, 6.07) is 24.8. The van der Waals surface area contributed by atoms with E-state index in [-0.39, 0.29) is 5.60 Å². The Morgan fingerprint density at radius 3 is 2.41 bits per heavy atom. The Hall–Kier alpha value is -3.11. The first-order valence-corrected chi connectivity index (χ1v) is 10.2. The molecule has 144 valence electrons. The van der Waals surface area contributed by atoms with Crippen LogP contribution in [-0.2, 0) is 16.9 Å². The van der Waals surface area contributed by atoms with Gasteiger partial charge in [0.15, 0.2) is 5.75 Å². The van der Waals surface area contributed by atoms with E-state index in [0.717, 1.165) is 61.1 Å². The lowest BCUT2D eigenvalue weighted by molar-refractivity contribution is -0.0704. The van der Waals surface area contributed by atoms with Crippen molar-refractivity contribution < 1.29 is 9.47 Å². The highest BCUT2D eigenvalue weighted by atomic mass is 16.5. The number of ether oxygens (including phenoxy) is 2. The van der Waals surface area contributed by atoms with Gasteiger partial charge in [-0.05, 0) is 48.2 Å². The zero-order chi connectivity index (χ0) is 19.3. The molecule has 0 atom stereocenters. The van der Waals surface area contributed by atoms with Crippen LogP contribution >= 0.6 is 0 Å². The maximum absolute atomic E-state index is 6.35. The molecule has 4 nitrogen and oxygen atoms in total. The van der Waals surface area contributed by atoms with Crippen LogP contribution in [0.3, 0.4) is 0 Å². The number of para-hydroxylation sites is 3. The first kappa shape index (κ1) is 16.8. The molecule has 3 aromatic carbocycles. The summed E-state index contributed by atoms with van der Waals surface area (Å²) in [6.07, 6.45) is 1.93. The van der Waals surface area contributed by atoms with Gasteiger partial charge in [0.25, 0.3) is 0 Å². The van der Waals surface area contributed by atoms with E-state index in [0.29, 0.717) is 0 Å². The lowest BCUT2D eigenvalue weighted by Gasteiger charge is -2.40. The van der Waals surface area contributed by atoms with Gasteiger partial charge in [0.1, 0.15) is 17.3 Å². The van der Waals surface area contributed by atoms with Crippen LogP contribution < -0.4 is 4.74 Å². The first-order chi connectivity index (χ1) is 14.3. The summed E-state index contributed by atoms with van der Waals surface area (Å²) in [6.45, 7) is 2.54. The molecule has 0 radical (unpaired) electrons. The summed E-state index contributed by atoms with van der Waals surface area (Å²) in [4.78, 5) is 7.43. The Morgan fingerprint density at radius 2 is 1.52 bits per heavy atom. The van der Waals surface area contributed by atoms with Crippen molar-refractivity contribution in [2.75, 3.05) is 13.1 Å². The van der Waals surface area contributed by atoms with Gasteiger partial charge in [-0.25, -0.2) is 4.99 Å². The fourth-order valence-corrected chi connectivity index (χ4v) is 4.79. The van der Waals surface area contributed by atoms with Crippen LogP contribution in [0.2, 0.25) is 0 Å². The van der Waals surface area contributed by atoms with Crippen molar-refractivity contribution in [1.82, 2.24) is 4.90 Å². The predicted octanol–water partition coefficient (Wildman–Crippen LogP) is 5.39. The maximum atomic E-state index is 6.35. The summed E-state index contributed by atoms with van der Waals surface area (Å²) in [5.41, 5.74) is 4.48. The number of aliphatic imine (C=N–C) groups is 1. The molecule has 0 amide bonds. The molecule has 0 bridgehead atoms. The van der Waals surface area contributed by atoms with E-state index in [2.05, 4.69) is 41.3 Å². The molecule has 1 spiro atoms. The Bertz CT molecular complexity index is 1110. The van der Waals surface area contributed by atoms with Crippen LogP contribution in [-0.4, -0.2) is 23.8 Å². The normalized spacial score (nSPS) is 18.9. The minimum absolute atomic E-state index is 0.147.